The van der Waals surface area contributed by atoms with Gasteiger partial charge in [-0.05, 0) is 43.9 Å². The van der Waals surface area contributed by atoms with Crippen molar-refractivity contribution < 1.29 is 9.18 Å². The van der Waals surface area contributed by atoms with Crippen LogP contribution < -0.4 is 0 Å². The number of hydrogen-bond donors (Lipinski definition) is 0. The molecule has 4 nitrogen and oxygen atoms in total. The smallest absolute Gasteiger partial charge is 0.225 e. The second-order valence-corrected chi connectivity index (χ2v) is 7.77. The quantitative estimate of drug-likeness (QED) is 0.798. The first-order valence-electron chi connectivity index (χ1n) is 10.1. The molecule has 1 saturated carbocycles. The Hall–Kier alpha value is -2.30. The highest BCUT2D eigenvalue weighted by molar-refractivity contribution is 5.79. The van der Waals surface area contributed by atoms with Gasteiger partial charge in [0, 0.05) is 42.4 Å². The second kappa shape index (κ2) is 8.15. The van der Waals surface area contributed by atoms with Crippen molar-refractivity contribution in [1.82, 2.24) is 14.9 Å². The number of likely N-dealkylation sites (tertiary alicyclic amines) is 1. The summed E-state index contributed by atoms with van der Waals surface area (Å²) in [6.07, 6.45) is 9.46. The predicted molar refractivity (Wildman–Crippen MR) is 103 cm³/mol. The molecular weight excluding hydrogens is 341 g/mol. The van der Waals surface area contributed by atoms with Crippen molar-refractivity contribution in [3.05, 3.63) is 48.0 Å². The average Bonchev–Trinajstić information content (AvgIpc) is 2.74. The standard InChI is InChI=1S/C22H26FN3O/c23-19-10-4-8-17(14-19)21-24-12-11-20(25-21)18-9-5-13-26(15-18)22(27)16-6-2-1-3-7-16/h4,8,10-12,14,16,18H,1-3,5-7,9,13,15H2. The van der Waals surface area contributed by atoms with E-state index in [0.717, 1.165) is 44.5 Å². The first-order valence-corrected chi connectivity index (χ1v) is 10.1. The van der Waals surface area contributed by atoms with Crippen LogP contribution in [0.25, 0.3) is 11.4 Å². The van der Waals surface area contributed by atoms with Gasteiger partial charge in [0.1, 0.15) is 5.82 Å². The topological polar surface area (TPSA) is 46.1 Å². The third-order valence-electron chi connectivity index (χ3n) is 5.87. The molecule has 0 radical (unpaired) electrons. The minimum absolute atomic E-state index is 0.214. The van der Waals surface area contributed by atoms with E-state index in [4.69, 9.17) is 4.98 Å². The van der Waals surface area contributed by atoms with E-state index in [9.17, 15) is 9.18 Å². The normalized spacial score (nSPS) is 21.2. The van der Waals surface area contributed by atoms with Crippen molar-refractivity contribution in [2.24, 2.45) is 5.92 Å². The van der Waals surface area contributed by atoms with Crippen molar-refractivity contribution >= 4 is 5.91 Å². The molecule has 2 heterocycles. The maximum atomic E-state index is 13.5. The lowest BCUT2D eigenvalue weighted by molar-refractivity contribution is -0.137. The molecule has 4 rings (SSSR count). The van der Waals surface area contributed by atoms with E-state index in [-0.39, 0.29) is 17.7 Å². The van der Waals surface area contributed by atoms with Gasteiger partial charge >= 0.3 is 0 Å². The van der Waals surface area contributed by atoms with Gasteiger partial charge in [0.25, 0.3) is 0 Å². The maximum Gasteiger partial charge on any atom is 0.225 e. The predicted octanol–water partition coefficient (Wildman–Crippen LogP) is 4.57. The van der Waals surface area contributed by atoms with Crippen LogP contribution in [0.15, 0.2) is 36.5 Å². The summed E-state index contributed by atoms with van der Waals surface area (Å²) < 4.78 is 13.5. The summed E-state index contributed by atoms with van der Waals surface area (Å²) in [6, 6.07) is 8.30. The van der Waals surface area contributed by atoms with Gasteiger partial charge in [0.2, 0.25) is 5.91 Å². The summed E-state index contributed by atoms with van der Waals surface area (Å²) in [4.78, 5) is 24.0. The van der Waals surface area contributed by atoms with Crippen LogP contribution in [0.1, 0.15) is 56.6 Å². The van der Waals surface area contributed by atoms with Crippen LogP contribution in [0, 0.1) is 11.7 Å². The lowest BCUT2D eigenvalue weighted by atomic mass is 9.87. The monoisotopic (exact) mass is 367 g/mol. The molecule has 1 atom stereocenters. The number of rotatable bonds is 3. The van der Waals surface area contributed by atoms with Crippen molar-refractivity contribution in [3.63, 3.8) is 0 Å². The maximum absolute atomic E-state index is 13.5. The Labute approximate surface area is 159 Å². The molecule has 0 N–H and O–H groups in total. The molecular formula is C22H26FN3O. The third kappa shape index (κ3) is 4.18. The van der Waals surface area contributed by atoms with Gasteiger partial charge in [-0.1, -0.05) is 31.4 Å². The molecule has 0 bridgehead atoms. The lowest BCUT2D eigenvalue weighted by Gasteiger charge is -2.35. The molecule has 142 valence electrons. The molecule has 0 spiro atoms. The molecule has 2 fully saturated rings. The summed E-state index contributed by atoms with van der Waals surface area (Å²) in [5.74, 6) is 1.03. The van der Waals surface area contributed by atoms with Gasteiger partial charge in [0.15, 0.2) is 5.82 Å². The van der Waals surface area contributed by atoms with Crippen LogP contribution in [0.3, 0.4) is 0 Å². The third-order valence-corrected chi connectivity index (χ3v) is 5.87. The SMILES string of the molecule is O=C(C1CCCCC1)N1CCCC(c2ccnc(-c3cccc(F)c3)n2)C1. The fourth-order valence-electron chi connectivity index (χ4n) is 4.39. The number of amides is 1. The van der Waals surface area contributed by atoms with Crippen molar-refractivity contribution in [1.29, 1.82) is 0 Å². The van der Waals surface area contributed by atoms with Crippen molar-refractivity contribution in [2.75, 3.05) is 13.1 Å². The van der Waals surface area contributed by atoms with Crippen molar-refractivity contribution in [3.8, 4) is 11.4 Å². The van der Waals surface area contributed by atoms with Crippen LogP contribution in [0.2, 0.25) is 0 Å². The first-order chi connectivity index (χ1) is 13.2. The number of aromatic nitrogens is 2. The van der Waals surface area contributed by atoms with Gasteiger partial charge < -0.3 is 4.90 Å². The van der Waals surface area contributed by atoms with E-state index >= 15 is 0 Å². The van der Waals surface area contributed by atoms with E-state index in [1.54, 1.807) is 12.3 Å². The molecule has 1 aliphatic carbocycles. The van der Waals surface area contributed by atoms with E-state index in [1.807, 2.05) is 17.0 Å². The van der Waals surface area contributed by atoms with E-state index < -0.39 is 0 Å². The summed E-state index contributed by atoms with van der Waals surface area (Å²) in [5, 5.41) is 0. The average molecular weight is 367 g/mol. The Kier molecular flexibility index (Phi) is 5.46. The summed E-state index contributed by atoms with van der Waals surface area (Å²) in [7, 11) is 0. The molecule has 2 aliphatic rings. The van der Waals surface area contributed by atoms with Gasteiger partial charge in [0.05, 0.1) is 0 Å². The molecule has 1 unspecified atom stereocenters. The van der Waals surface area contributed by atoms with Gasteiger partial charge in [-0.3, -0.25) is 4.79 Å². The number of nitrogens with zero attached hydrogens (tertiary/aromatic N) is 3. The fourth-order valence-corrected chi connectivity index (χ4v) is 4.39. The molecule has 27 heavy (non-hydrogen) atoms. The summed E-state index contributed by atoms with van der Waals surface area (Å²) in [5.41, 5.74) is 1.63. The van der Waals surface area contributed by atoms with Gasteiger partial charge in [-0.15, -0.1) is 0 Å². The largest absolute Gasteiger partial charge is 0.342 e. The van der Waals surface area contributed by atoms with E-state index in [1.165, 1.54) is 31.4 Å². The Morgan fingerprint density at radius 3 is 2.74 bits per heavy atom. The van der Waals surface area contributed by atoms with E-state index in [0.29, 0.717) is 17.3 Å². The fraction of sp³-hybridized carbons (Fsp3) is 0.500. The van der Waals surface area contributed by atoms with Crippen LogP contribution in [0.4, 0.5) is 4.39 Å². The molecule has 2 aromatic rings. The zero-order valence-electron chi connectivity index (χ0n) is 15.6. The highest BCUT2D eigenvalue weighted by Crippen LogP contribution is 2.31. The van der Waals surface area contributed by atoms with Crippen LogP contribution in [-0.4, -0.2) is 33.9 Å². The number of hydrogen-bond acceptors (Lipinski definition) is 3. The van der Waals surface area contributed by atoms with Crippen LogP contribution >= 0.6 is 0 Å². The van der Waals surface area contributed by atoms with Crippen molar-refractivity contribution in [2.45, 2.75) is 50.9 Å². The zero-order chi connectivity index (χ0) is 18.6. The molecule has 1 saturated heterocycles. The number of benzene rings is 1. The second-order valence-electron chi connectivity index (χ2n) is 7.77. The number of carbonyl (C=O) groups is 1. The number of piperidine rings is 1. The molecule has 1 aromatic heterocycles. The minimum Gasteiger partial charge on any atom is -0.342 e. The summed E-state index contributed by atoms with van der Waals surface area (Å²) >= 11 is 0. The van der Waals surface area contributed by atoms with Crippen LogP contribution in [0.5, 0.6) is 0 Å². The number of halogens is 1. The highest BCUT2D eigenvalue weighted by atomic mass is 19.1. The highest BCUT2D eigenvalue weighted by Gasteiger charge is 2.30. The summed E-state index contributed by atoms with van der Waals surface area (Å²) in [6.45, 7) is 1.59. The zero-order valence-corrected chi connectivity index (χ0v) is 15.6. The number of carbonyl (C=O) groups excluding carboxylic acids is 1. The molecule has 1 amide bonds. The van der Waals surface area contributed by atoms with Gasteiger partial charge in [-0.25, -0.2) is 14.4 Å². The molecule has 1 aromatic carbocycles. The Bertz CT molecular complexity index is 804. The Morgan fingerprint density at radius 1 is 1.07 bits per heavy atom. The first kappa shape index (κ1) is 18.1. The van der Waals surface area contributed by atoms with E-state index in [2.05, 4.69) is 4.98 Å². The Balaban J connectivity index is 1.49. The van der Waals surface area contributed by atoms with Crippen LogP contribution in [-0.2, 0) is 4.79 Å². The molecule has 5 heteroatoms. The molecule has 1 aliphatic heterocycles. The Morgan fingerprint density at radius 2 is 1.93 bits per heavy atom. The minimum atomic E-state index is -0.288. The van der Waals surface area contributed by atoms with Gasteiger partial charge in [-0.2, -0.15) is 0 Å². The lowest BCUT2D eigenvalue weighted by Crippen LogP contribution is -2.43.